The summed E-state index contributed by atoms with van der Waals surface area (Å²) in [6, 6.07) is 7.89. The third-order valence-electron chi connectivity index (χ3n) is 3.25. The standard InChI is InChI=1S/C15H12ClN3/c1-9-5-12-13(6-10(9)2)18-8-19-15(12)11-3-4-14(16)17-7-11/h3-8H,1-2H3. The molecule has 0 bridgehead atoms. The van der Waals surface area contributed by atoms with Crippen LogP contribution in [0.5, 0.6) is 0 Å². The molecule has 2 aromatic heterocycles. The van der Waals surface area contributed by atoms with Crippen LogP contribution in [0.15, 0.2) is 36.8 Å². The Bertz CT molecular complexity index is 751. The van der Waals surface area contributed by atoms with Gasteiger partial charge in [-0.05, 0) is 49.2 Å². The maximum atomic E-state index is 5.82. The van der Waals surface area contributed by atoms with Crippen LogP contribution in [0.2, 0.25) is 5.15 Å². The highest BCUT2D eigenvalue weighted by molar-refractivity contribution is 6.29. The summed E-state index contributed by atoms with van der Waals surface area (Å²) in [5, 5.41) is 1.52. The van der Waals surface area contributed by atoms with E-state index in [1.807, 2.05) is 6.07 Å². The smallest absolute Gasteiger partial charge is 0.129 e. The van der Waals surface area contributed by atoms with Gasteiger partial charge in [-0.3, -0.25) is 0 Å². The Balaban J connectivity index is 2.29. The van der Waals surface area contributed by atoms with E-state index < -0.39 is 0 Å². The summed E-state index contributed by atoms with van der Waals surface area (Å²) in [5.74, 6) is 0. The van der Waals surface area contributed by atoms with E-state index in [-0.39, 0.29) is 0 Å². The molecule has 1 aromatic carbocycles. The molecule has 0 radical (unpaired) electrons. The molecule has 0 amide bonds. The quantitative estimate of drug-likeness (QED) is 0.628. The number of hydrogen-bond acceptors (Lipinski definition) is 3. The van der Waals surface area contributed by atoms with Crippen molar-refractivity contribution in [3.8, 4) is 11.3 Å². The molecular formula is C15H12ClN3. The maximum Gasteiger partial charge on any atom is 0.129 e. The van der Waals surface area contributed by atoms with Gasteiger partial charge in [0, 0.05) is 17.1 Å². The first-order chi connectivity index (χ1) is 9.15. The van der Waals surface area contributed by atoms with E-state index in [0.717, 1.165) is 22.2 Å². The number of nitrogens with zero attached hydrogens (tertiary/aromatic N) is 3. The molecule has 0 aliphatic carbocycles. The Morgan fingerprint density at radius 1 is 0.947 bits per heavy atom. The molecule has 0 aliphatic rings. The fraction of sp³-hybridized carbons (Fsp3) is 0.133. The minimum Gasteiger partial charge on any atom is -0.244 e. The molecule has 3 rings (SSSR count). The van der Waals surface area contributed by atoms with Crippen LogP contribution in [-0.2, 0) is 0 Å². The lowest BCUT2D eigenvalue weighted by atomic mass is 10.0. The molecule has 0 saturated heterocycles. The van der Waals surface area contributed by atoms with Gasteiger partial charge >= 0.3 is 0 Å². The Morgan fingerprint density at radius 3 is 2.47 bits per heavy atom. The largest absolute Gasteiger partial charge is 0.244 e. The summed E-state index contributed by atoms with van der Waals surface area (Å²) in [5.41, 5.74) is 5.23. The highest BCUT2D eigenvalue weighted by Gasteiger charge is 2.08. The Morgan fingerprint density at radius 2 is 1.74 bits per heavy atom. The van der Waals surface area contributed by atoms with Crippen LogP contribution in [0.1, 0.15) is 11.1 Å². The second kappa shape index (κ2) is 4.59. The number of pyridine rings is 1. The first-order valence-electron chi connectivity index (χ1n) is 5.99. The number of hydrogen-bond donors (Lipinski definition) is 0. The van der Waals surface area contributed by atoms with Gasteiger partial charge in [0.25, 0.3) is 0 Å². The lowest BCUT2D eigenvalue weighted by Crippen LogP contribution is -1.92. The molecule has 0 aliphatic heterocycles. The van der Waals surface area contributed by atoms with Crippen molar-refractivity contribution in [2.24, 2.45) is 0 Å². The van der Waals surface area contributed by atoms with Gasteiger partial charge in [-0.25, -0.2) is 15.0 Å². The first kappa shape index (κ1) is 12.1. The second-order valence-corrected chi connectivity index (χ2v) is 4.93. The van der Waals surface area contributed by atoms with Crippen LogP contribution < -0.4 is 0 Å². The van der Waals surface area contributed by atoms with Gasteiger partial charge in [0.05, 0.1) is 11.2 Å². The zero-order valence-electron chi connectivity index (χ0n) is 10.7. The monoisotopic (exact) mass is 269 g/mol. The van der Waals surface area contributed by atoms with Crippen LogP contribution in [0.25, 0.3) is 22.2 Å². The SMILES string of the molecule is Cc1cc2ncnc(-c3ccc(Cl)nc3)c2cc1C. The normalized spacial score (nSPS) is 10.9. The zero-order valence-corrected chi connectivity index (χ0v) is 11.4. The average Bonchev–Trinajstić information content (AvgIpc) is 2.41. The molecule has 94 valence electrons. The number of fused-ring (bicyclic) bond motifs is 1. The van der Waals surface area contributed by atoms with Gasteiger partial charge < -0.3 is 0 Å². The summed E-state index contributed by atoms with van der Waals surface area (Å²) in [6.07, 6.45) is 3.32. The number of benzene rings is 1. The Labute approximate surface area is 116 Å². The second-order valence-electron chi connectivity index (χ2n) is 4.55. The van der Waals surface area contributed by atoms with Crippen molar-refractivity contribution in [2.45, 2.75) is 13.8 Å². The van der Waals surface area contributed by atoms with Crippen LogP contribution in [0.3, 0.4) is 0 Å². The van der Waals surface area contributed by atoms with Crippen molar-refractivity contribution in [1.82, 2.24) is 15.0 Å². The molecule has 0 N–H and O–H groups in total. The minimum atomic E-state index is 0.481. The summed E-state index contributed by atoms with van der Waals surface area (Å²) < 4.78 is 0. The molecular weight excluding hydrogens is 258 g/mol. The van der Waals surface area contributed by atoms with Gasteiger partial charge in [-0.15, -0.1) is 0 Å². The molecule has 0 atom stereocenters. The lowest BCUT2D eigenvalue weighted by molar-refractivity contribution is 1.20. The average molecular weight is 270 g/mol. The van der Waals surface area contributed by atoms with E-state index in [0.29, 0.717) is 5.15 Å². The van der Waals surface area contributed by atoms with E-state index in [2.05, 4.69) is 40.9 Å². The van der Waals surface area contributed by atoms with Crippen molar-refractivity contribution >= 4 is 22.5 Å². The molecule has 3 aromatic rings. The lowest BCUT2D eigenvalue weighted by Gasteiger charge is -2.07. The fourth-order valence-electron chi connectivity index (χ4n) is 2.06. The van der Waals surface area contributed by atoms with Crippen LogP contribution in [0, 0.1) is 13.8 Å². The van der Waals surface area contributed by atoms with Crippen molar-refractivity contribution in [2.75, 3.05) is 0 Å². The van der Waals surface area contributed by atoms with Crippen molar-refractivity contribution < 1.29 is 0 Å². The van der Waals surface area contributed by atoms with Gasteiger partial charge in [0.1, 0.15) is 11.5 Å². The first-order valence-corrected chi connectivity index (χ1v) is 6.37. The number of halogens is 1. The summed E-state index contributed by atoms with van der Waals surface area (Å²) in [4.78, 5) is 12.8. The van der Waals surface area contributed by atoms with Crippen molar-refractivity contribution in [1.29, 1.82) is 0 Å². The van der Waals surface area contributed by atoms with Gasteiger partial charge in [0.2, 0.25) is 0 Å². The van der Waals surface area contributed by atoms with Gasteiger partial charge in [-0.1, -0.05) is 11.6 Å². The third kappa shape index (κ3) is 2.17. The topological polar surface area (TPSA) is 38.7 Å². The van der Waals surface area contributed by atoms with E-state index in [4.69, 9.17) is 11.6 Å². The molecule has 0 saturated carbocycles. The van der Waals surface area contributed by atoms with Gasteiger partial charge in [0.15, 0.2) is 0 Å². The molecule has 3 nitrogen and oxygen atoms in total. The van der Waals surface area contributed by atoms with Crippen molar-refractivity contribution in [3.63, 3.8) is 0 Å². The highest BCUT2D eigenvalue weighted by atomic mass is 35.5. The maximum absolute atomic E-state index is 5.82. The molecule has 0 fully saturated rings. The molecule has 2 heterocycles. The Kier molecular flexibility index (Phi) is 2.91. The summed E-state index contributed by atoms with van der Waals surface area (Å²) >= 11 is 5.82. The Hall–Kier alpha value is -2.00. The minimum absolute atomic E-state index is 0.481. The highest BCUT2D eigenvalue weighted by Crippen LogP contribution is 2.27. The fourth-order valence-corrected chi connectivity index (χ4v) is 2.17. The molecule has 19 heavy (non-hydrogen) atoms. The zero-order chi connectivity index (χ0) is 13.4. The molecule has 4 heteroatoms. The summed E-state index contributed by atoms with van der Waals surface area (Å²) in [6.45, 7) is 4.17. The van der Waals surface area contributed by atoms with E-state index in [1.165, 1.54) is 11.1 Å². The predicted octanol–water partition coefficient (Wildman–Crippen LogP) is 3.96. The number of rotatable bonds is 1. The summed E-state index contributed by atoms with van der Waals surface area (Å²) in [7, 11) is 0. The predicted molar refractivity (Wildman–Crippen MR) is 77.3 cm³/mol. The van der Waals surface area contributed by atoms with E-state index in [1.54, 1.807) is 18.6 Å². The van der Waals surface area contributed by atoms with E-state index >= 15 is 0 Å². The van der Waals surface area contributed by atoms with Crippen LogP contribution in [0.4, 0.5) is 0 Å². The number of aryl methyl sites for hydroxylation is 2. The van der Waals surface area contributed by atoms with Crippen molar-refractivity contribution in [3.05, 3.63) is 53.1 Å². The molecule has 0 spiro atoms. The number of aromatic nitrogens is 3. The third-order valence-corrected chi connectivity index (χ3v) is 3.48. The molecule has 0 unspecified atom stereocenters. The van der Waals surface area contributed by atoms with Crippen LogP contribution in [-0.4, -0.2) is 15.0 Å². The van der Waals surface area contributed by atoms with Gasteiger partial charge in [-0.2, -0.15) is 0 Å². The van der Waals surface area contributed by atoms with Crippen LogP contribution >= 0.6 is 11.6 Å². The van der Waals surface area contributed by atoms with E-state index in [9.17, 15) is 0 Å².